The number of halogens is 1. The van der Waals surface area contributed by atoms with Gasteiger partial charge in [0.2, 0.25) is 0 Å². The zero-order valence-electron chi connectivity index (χ0n) is 11.7. The number of nitrogens with one attached hydrogen (secondary N) is 2. The summed E-state index contributed by atoms with van der Waals surface area (Å²) in [4.78, 5) is 25.3. The van der Waals surface area contributed by atoms with Crippen molar-refractivity contribution in [2.24, 2.45) is 5.92 Å². The predicted molar refractivity (Wildman–Crippen MR) is 83.7 cm³/mol. The number of amides is 2. The van der Waals surface area contributed by atoms with Crippen LogP contribution in [0, 0.1) is 5.92 Å². The van der Waals surface area contributed by atoms with Gasteiger partial charge in [-0.1, -0.05) is 6.07 Å². The fourth-order valence-corrected chi connectivity index (χ4v) is 2.88. The molecule has 0 spiro atoms. The van der Waals surface area contributed by atoms with E-state index in [1.165, 1.54) is 6.07 Å². The Bertz CT molecular complexity index is 550. The van der Waals surface area contributed by atoms with Crippen molar-refractivity contribution in [2.45, 2.75) is 6.42 Å². The highest BCUT2D eigenvalue weighted by molar-refractivity contribution is 9.10. The number of hydrogen-bond acceptors (Lipinski definition) is 3. The van der Waals surface area contributed by atoms with E-state index >= 15 is 0 Å². The number of carbonyl (C=O) groups excluding carboxylic acids is 1. The molecule has 1 unspecified atom stereocenters. The SMILES string of the molecule is CN1CCC(CNC(=O)Nc2c(Br)cccc2C(=O)O)C1. The molecule has 1 fully saturated rings. The van der Waals surface area contributed by atoms with Crippen LogP contribution in [0.4, 0.5) is 10.5 Å². The summed E-state index contributed by atoms with van der Waals surface area (Å²) >= 11 is 3.26. The molecule has 1 saturated heterocycles. The molecular weight excluding hydrogens is 338 g/mol. The van der Waals surface area contributed by atoms with Crippen LogP contribution in [0.1, 0.15) is 16.8 Å². The van der Waals surface area contributed by atoms with E-state index in [1.807, 2.05) is 0 Å². The minimum atomic E-state index is -1.08. The quantitative estimate of drug-likeness (QED) is 0.773. The molecular formula is C14H18BrN3O3. The van der Waals surface area contributed by atoms with Crippen LogP contribution in [0.2, 0.25) is 0 Å². The maximum Gasteiger partial charge on any atom is 0.337 e. The van der Waals surface area contributed by atoms with Gasteiger partial charge in [-0.2, -0.15) is 0 Å². The van der Waals surface area contributed by atoms with Gasteiger partial charge in [-0.25, -0.2) is 9.59 Å². The summed E-state index contributed by atoms with van der Waals surface area (Å²) in [6.07, 6.45) is 1.06. The standard InChI is InChI=1S/C14H18BrN3O3/c1-18-6-5-9(8-18)7-16-14(21)17-12-10(13(19)20)3-2-4-11(12)15/h2-4,9H,5-8H2,1H3,(H,19,20)(H2,16,17,21). The van der Waals surface area contributed by atoms with Gasteiger partial charge in [0.25, 0.3) is 0 Å². The van der Waals surface area contributed by atoms with Crippen LogP contribution in [-0.2, 0) is 0 Å². The van der Waals surface area contributed by atoms with Gasteiger partial charge in [0, 0.05) is 17.6 Å². The first-order valence-electron chi connectivity index (χ1n) is 6.72. The van der Waals surface area contributed by atoms with Crippen LogP contribution >= 0.6 is 15.9 Å². The number of nitrogens with zero attached hydrogens (tertiary/aromatic N) is 1. The molecule has 3 N–H and O–H groups in total. The number of urea groups is 1. The van der Waals surface area contributed by atoms with Crippen molar-refractivity contribution in [1.82, 2.24) is 10.2 Å². The number of aromatic carboxylic acids is 1. The van der Waals surface area contributed by atoms with Gasteiger partial charge in [0.15, 0.2) is 0 Å². The third kappa shape index (κ3) is 4.18. The number of carbonyl (C=O) groups is 2. The lowest BCUT2D eigenvalue weighted by Crippen LogP contribution is -2.34. The third-order valence-corrected chi connectivity index (χ3v) is 4.18. The van der Waals surface area contributed by atoms with Crippen molar-refractivity contribution in [3.05, 3.63) is 28.2 Å². The summed E-state index contributed by atoms with van der Waals surface area (Å²) in [5.41, 5.74) is 0.325. The molecule has 6 nitrogen and oxygen atoms in total. The average Bonchev–Trinajstić information content (AvgIpc) is 2.84. The first-order valence-corrected chi connectivity index (χ1v) is 7.52. The molecule has 0 radical (unpaired) electrons. The normalized spacial score (nSPS) is 18.5. The Morgan fingerprint density at radius 2 is 2.24 bits per heavy atom. The second-order valence-corrected chi connectivity index (χ2v) is 6.07. The summed E-state index contributed by atoms with van der Waals surface area (Å²) in [6, 6.07) is 4.37. The number of para-hydroxylation sites is 1. The molecule has 1 atom stereocenters. The van der Waals surface area contributed by atoms with Crippen molar-refractivity contribution in [1.29, 1.82) is 0 Å². The highest BCUT2D eigenvalue weighted by Gasteiger charge is 2.20. The van der Waals surface area contributed by atoms with E-state index in [0.29, 0.717) is 16.9 Å². The van der Waals surface area contributed by atoms with E-state index in [1.54, 1.807) is 12.1 Å². The Hall–Kier alpha value is -1.60. The Labute approximate surface area is 131 Å². The molecule has 1 aliphatic heterocycles. The van der Waals surface area contributed by atoms with E-state index in [2.05, 4.69) is 38.5 Å². The van der Waals surface area contributed by atoms with Gasteiger partial charge in [-0.15, -0.1) is 0 Å². The molecule has 7 heteroatoms. The number of benzene rings is 1. The predicted octanol–water partition coefficient (Wildman–Crippen LogP) is 2.22. The van der Waals surface area contributed by atoms with E-state index in [0.717, 1.165) is 19.5 Å². The highest BCUT2D eigenvalue weighted by Crippen LogP contribution is 2.26. The van der Waals surface area contributed by atoms with Crippen molar-refractivity contribution in [3.63, 3.8) is 0 Å². The molecule has 2 amide bonds. The summed E-state index contributed by atoms with van der Waals surface area (Å²) < 4.78 is 0.540. The van der Waals surface area contributed by atoms with Crippen LogP contribution < -0.4 is 10.6 Å². The Balaban J connectivity index is 1.95. The number of anilines is 1. The Kier molecular flexibility index (Phi) is 5.19. The zero-order chi connectivity index (χ0) is 15.4. The molecule has 1 aromatic carbocycles. The van der Waals surface area contributed by atoms with Crippen LogP contribution in [-0.4, -0.2) is 48.7 Å². The maximum atomic E-state index is 11.9. The number of likely N-dealkylation sites (tertiary alicyclic amines) is 1. The second kappa shape index (κ2) is 6.91. The van der Waals surface area contributed by atoms with Gasteiger partial charge < -0.3 is 20.6 Å². The van der Waals surface area contributed by atoms with Crippen LogP contribution in [0.3, 0.4) is 0 Å². The number of hydrogen-bond donors (Lipinski definition) is 3. The summed E-state index contributed by atoms with van der Waals surface area (Å²) in [5, 5.41) is 14.5. The van der Waals surface area contributed by atoms with Crippen molar-refractivity contribution in [2.75, 3.05) is 32.0 Å². The van der Waals surface area contributed by atoms with Crippen LogP contribution in [0.15, 0.2) is 22.7 Å². The first kappa shape index (κ1) is 15.8. The monoisotopic (exact) mass is 355 g/mol. The average molecular weight is 356 g/mol. The van der Waals surface area contributed by atoms with Crippen molar-refractivity contribution in [3.8, 4) is 0 Å². The van der Waals surface area contributed by atoms with Crippen LogP contribution in [0.5, 0.6) is 0 Å². The highest BCUT2D eigenvalue weighted by atomic mass is 79.9. The number of carboxylic acid groups (broad SMARTS) is 1. The Morgan fingerprint density at radius 3 is 2.86 bits per heavy atom. The van der Waals surface area contributed by atoms with Crippen LogP contribution in [0.25, 0.3) is 0 Å². The number of rotatable bonds is 4. The van der Waals surface area contributed by atoms with Gasteiger partial charge in [0.05, 0.1) is 11.3 Å². The largest absolute Gasteiger partial charge is 0.478 e. The smallest absolute Gasteiger partial charge is 0.337 e. The third-order valence-electron chi connectivity index (χ3n) is 3.52. The maximum absolute atomic E-state index is 11.9. The van der Waals surface area contributed by atoms with E-state index in [-0.39, 0.29) is 17.3 Å². The molecule has 1 aliphatic rings. The molecule has 2 rings (SSSR count). The summed E-state index contributed by atoms with van der Waals surface area (Å²) in [7, 11) is 2.06. The lowest BCUT2D eigenvalue weighted by molar-refractivity contribution is 0.0698. The second-order valence-electron chi connectivity index (χ2n) is 5.22. The van der Waals surface area contributed by atoms with E-state index < -0.39 is 5.97 Å². The lowest BCUT2D eigenvalue weighted by atomic mass is 10.1. The van der Waals surface area contributed by atoms with Gasteiger partial charge in [0.1, 0.15) is 0 Å². The van der Waals surface area contributed by atoms with Crippen molar-refractivity contribution >= 4 is 33.6 Å². The van der Waals surface area contributed by atoms with Gasteiger partial charge >= 0.3 is 12.0 Å². The minimum Gasteiger partial charge on any atom is -0.478 e. The minimum absolute atomic E-state index is 0.0557. The summed E-state index contributed by atoms with van der Waals surface area (Å²) in [5.74, 6) is -0.636. The lowest BCUT2D eigenvalue weighted by Gasteiger charge is -2.14. The molecule has 1 heterocycles. The molecule has 0 aliphatic carbocycles. The van der Waals surface area contributed by atoms with Gasteiger partial charge in [-0.3, -0.25) is 0 Å². The molecule has 0 saturated carbocycles. The molecule has 0 aromatic heterocycles. The Morgan fingerprint density at radius 1 is 1.48 bits per heavy atom. The zero-order valence-corrected chi connectivity index (χ0v) is 13.3. The molecule has 21 heavy (non-hydrogen) atoms. The topological polar surface area (TPSA) is 81.7 Å². The molecule has 0 bridgehead atoms. The fourth-order valence-electron chi connectivity index (χ4n) is 2.42. The number of carboxylic acids is 1. The van der Waals surface area contributed by atoms with E-state index in [9.17, 15) is 9.59 Å². The molecule has 114 valence electrons. The first-order chi connectivity index (χ1) is 9.97. The fraction of sp³-hybridized carbons (Fsp3) is 0.429. The molecule has 1 aromatic rings. The summed E-state index contributed by atoms with van der Waals surface area (Å²) in [6.45, 7) is 2.60. The van der Waals surface area contributed by atoms with Crippen molar-refractivity contribution < 1.29 is 14.7 Å². The van der Waals surface area contributed by atoms with Gasteiger partial charge in [-0.05, 0) is 54.0 Å². The van der Waals surface area contributed by atoms with E-state index in [4.69, 9.17) is 5.11 Å².